The lowest BCUT2D eigenvalue weighted by molar-refractivity contribution is -0.386. The molecule has 94 valence electrons. The molecule has 0 radical (unpaired) electrons. The van der Waals surface area contributed by atoms with Crippen LogP contribution in [0.15, 0.2) is 18.2 Å². The van der Waals surface area contributed by atoms with Crippen LogP contribution in [0.4, 0.5) is 5.69 Å². The van der Waals surface area contributed by atoms with Crippen molar-refractivity contribution in [2.24, 2.45) is 0 Å². The Morgan fingerprint density at radius 3 is 2.59 bits per heavy atom. The summed E-state index contributed by atoms with van der Waals surface area (Å²) in [7, 11) is 0. The molecule has 0 aliphatic carbocycles. The normalized spacial score (nSPS) is 14.4. The van der Waals surface area contributed by atoms with E-state index in [0.29, 0.717) is 0 Å². The van der Waals surface area contributed by atoms with Gasteiger partial charge in [-0.25, -0.2) is 0 Å². The maximum atomic E-state index is 10.7. The number of aliphatic hydroxyl groups is 3. The van der Waals surface area contributed by atoms with Gasteiger partial charge >= 0.3 is 0 Å². The van der Waals surface area contributed by atoms with Gasteiger partial charge < -0.3 is 15.3 Å². The molecule has 3 N–H and O–H groups in total. The van der Waals surface area contributed by atoms with Crippen LogP contribution in [0.1, 0.15) is 18.1 Å². The summed E-state index contributed by atoms with van der Waals surface area (Å²) in [4.78, 5) is 10.1. The molecule has 0 saturated heterocycles. The fourth-order valence-corrected chi connectivity index (χ4v) is 1.61. The summed E-state index contributed by atoms with van der Waals surface area (Å²) in [5, 5.41) is 38.8. The maximum Gasteiger partial charge on any atom is 0.275 e. The lowest BCUT2D eigenvalue weighted by Gasteiger charge is -2.17. The number of benzene rings is 1. The first kappa shape index (κ1) is 13.9. The van der Waals surface area contributed by atoms with Crippen molar-refractivity contribution in [2.45, 2.75) is 18.6 Å². The lowest BCUT2D eigenvalue weighted by Crippen LogP contribution is -2.20. The van der Waals surface area contributed by atoms with Crippen LogP contribution in [0.25, 0.3) is 0 Å². The molecule has 2 unspecified atom stereocenters. The second kappa shape index (κ2) is 5.92. The molecule has 6 nitrogen and oxygen atoms in total. The van der Waals surface area contributed by atoms with Crippen LogP contribution in [-0.4, -0.2) is 33.0 Å². The van der Waals surface area contributed by atoms with Gasteiger partial charge in [-0.05, 0) is 18.6 Å². The molecular weight excluding hydrogens is 250 g/mol. The van der Waals surface area contributed by atoms with E-state index in [9.17, 15) is 20.3 Å². The minimum atomic E-state index is -1.46. The van der Waals surface area contributed by atoms with E-state index in [2.05, 4.69) is 0 Å². The molecule has 1 aromatic rings. The Bertz CT molecular complexity index is 412. The van der Waals surface area contributed by atoms with E-state index in [1.807, 2.05) is 0 Å². The maximum absolute atomic E-state index is 10.7. The molecule has 0 amide bonds. The molecular formula is C10H12ClNO5. The standard InChI is InChI=1S/C10H12ClNO5/c11-6-1-2-8(12(16)17)7(5-6)10(15)9(14)3-4-13/h1-2,5,9-10,13-15H,3-4H2. The van der Waals surface area contributed by atoms with Gasteiger partial charge in [0.1, 0.15) is 6.10 Å². The highest BCUT2D eigenvalue weighted by Crippen LogP contribution is 2.30. The van der Waals surface area contributed by atoms with Crippen molar-refractivity contribution in [1.82, 2.24) is 0 Å². The average Bonchev–Trinajstić information content (AvgIpc) is 2.27. The summed E-state index contributed by atoms with van der Waals surface area (Å²) in [6.07, 6.45) is -2.82. The van der Waals surface area contributed by atoms with E-state index in [1.165, 1.54) is 12.1 Å². The van der Waals surface area contributed by atoms with Crippen LogP contribution in [0.5, 0.6) is 0 Å². The fourth-order valence-electron chi connectivity index (χ4n) is 1.43. The first-order valence-electron chi connectivity index (χ1n) is 4.88. The number of nitro benzene ring substituents is 1. The van der Waals surface area contributed by atoms with Gasteiger partial charge in [-0.1, -0.05) is 11.6 Å². The summed E-state index contributed by atoms with van der Waals surface area (Å²) in [5.74, 6) is 0. The van der Waals surface area contributed by atoms with Gasteiger partial charge in [0.15, 0.2) is 0 Å². The second-order valence-electron chi connectivity index (χ2n) is 3.48. The van der Waals surface area contributed by atoms with Crippen LogP contribution in [0.3, 0.4) is 0 Å². The smallest absolute Gasteiger partial charge is 0.275 e. The molecule has 7 heteroatoms. The van der Waals surface area contributed by atoms with Crippen LogP contribution in [0, 0.1) is 10.1 Å². The number of hydrogen-bond donors (Lipinski definition) is 3. The molecule has 0 aliphatic heterocycles. The van der Waals surface area contributed by atoms with Crippen LogP contribution < -0.4 is 0 Å². The Morgan fingerprint density at radius 2 is 2.06 bits per heavy atom. The van der Waals surface area contributed by atoms with E-state index >= 15 is 0 Å². The molecule has 2 atom stereocenters. The van der Waals surface area contributed by atoms with Crippen LogP contribution >= 0.6 is 11.6 Å². The highest BCUT2D eigenvalue weighted by molar-refractivity contribution is 6.30. The number of rotatable bonds is 5. The van der Waals surface area contributed by atoms with Gasteiger partial charge in [0.05, 0.1) is 16.6 Å². The first-order valence-corrected chi connectivity index (χ1v) is 5.26. The zero-order valence-electron chi connectivity index (χ0n) is 8.78. The summed E-state index contributed by atoms with van der Waals surface area (Å²) >= 11 is 5.68. The van der Waals surface area contributed by atoms with Crippen molar-refractivity contribution in [3.05, 3.63) is 38.9 Å². The summed E-state index contributed by atoms with van der Waals surface area (Å²) in [5.41, 5.74) is -0.387. The van der Waals surface area contributed by atoms with Crippen molar-refractivity contribution in [1.29, 1.82) is 0 Å². The number of hydrogen-bond acceptors (Lipinski definition) is 5. The van der Waals surface area contributed by atoms with Gasteiger partial charge in [0.25, 0.3) is 5.69 Å². The SMILES string of the molecule is O=[N+]([O-])c1ccc(Cl)cc1C(O)C(O)CCO. The molecule has 0 bridgehead atoms. The third kappa shape index (κ3) is 3.37. The lowest BCUT2D eigenvalue weighted by atomic mass is 10.0. The molecule has 0 saturated carbocycles. The highest BCUT2D eigenvalue weighted by atomic mass is 35.5. The van der Waals surface area contributed by atoms with E-state index < -0.39 is 17.1 Å². The third-order valence-electron chi connectivity index (χ3n) is 2.29. The Balaban J connectivity index is 3.10. The number of nitrogens with zero attached hydrogens (tertiary/aromatic N) is 1. The summed E-state index contributed by atoms with van der Waals surface area (Å²) in [6.45, 7) is -0.327. The number of nitro groups is 1. The van der Waals surface area contributed by atoms with Crippen molar-refractivity contribution in [3.8, 4) is 0 Å². The monoisotopic (exact) mass is 261 g/mol. The average molecular weight is 262 g/mol. The third-order valence-corrected chi connectivity index (χ3v) is 2.53. The molecule has 0 aromatic heterocycles. The van der Waals surface area contributed by atoms with E-state index in [-0.39, 0.29) is 29.3 Å². The fraction of sp³-hybridized carbons (Fsp3) is 0.400. The molecule has 0 fully saturated rings. The Morgan fingerprint density at radius 1 is 1.41 bits per heavy atom. The largest absolute Gasteiger partial charge is 0.396 e. The molecule has 17 heavy (non-hydrogen) atoms. The van der Waals surface area contributed by atoms with Gasteiger partial charge in [0, 0.05) is 17.7 Å². The zero-order valence-corrected chi connectivity index (χ0v) is 9.54. The number of halogens is 1. The summed E-state index contributed by atoms with van der Waals surface area (Å²) in [6, 6.07) is 3.71. The van der Waals surface area contributed by atoms with E-state index in [0.717, 1.165) is 6.07 Å². The highest BCUT2D eigenvalue weighted by Gasteiger charge is 2.26. The summed E-state index contributed by atoms with van der Waals surface area (Å²) < 4.78 is 0. The number of aliphatic hydroxyl groups excluding tert-OH is 3. The van der Waals surface area contributed by atoms with Crippen molar-refractivity contribution in [3.63, 3.8) is 0 Å². The van der Waals surface area contributed by atoms with Crippen LogP contribution in [-0.2, 0) is 0 Å². The van der Waals surface area contributed by atoms with E-state index in [1.54, 1.807) is 0 Å². The molecule has 1 aromatic carbocycles. The topological polar surface area (TPSA) is 104 Å². The first-order chi connectivity index (χ1) is 7.97. The Hall–Kier alpha value is -1.21. The van der Waals surface area contributed by atoms with E-state index in [4.69, 9.17) is 16.7 Å². The van der Waals surface area contributed by atoms with Crippen molar-refractivity contribution >= 4 is 17.3 Å². The Labute approximate surface area is 102 Å². The van der Waals surface area contributed by atoms with Gasteiger partial charge in [0.2, 0.25) is 0 Å². The zero-order chi connectivity index (χ0) is 13.0. The minimum Gasteiger partial charge on any atom is -0.396 e. The molecule has 1 rings (SSSR count). The van der Waals surface area contributed by atoms with Gasteiger partial charge in [-0.2, -0.15) is 0 Å². The second-order valence-corrected chi connectivity index (χ2v) is 3.92. The van der Waals surface area contributed by atoms with Crippen LogP contribution in [0.2, 0.25) is 5.02 Å². The molecule has 0 heterocycles. The predicted octanol–water partition coefficient (Wildman–Crippen LogP) is 1.02. The Kier molecular flexibility index (Phi) is 4.83. The predicted molar refractivity (Wildman–Crippen MR) is 60.8 cm³/mol. The van der Waals surface area contributed by atoms with Crippen molar-refractivity contribution < 1.29 is 20.2 Å². The quantitative estimate of drug-likeness (QED) is 0.542. The molecule has 0 spiro atoms. The molecule has 0 aliphatic rings. The van der Waals surface area contributed by atoms with Gasteiger partial charge in [-0.3, -0.25) is 10.1 Å². The van der Waals surface area contributed by atoms with Gasteiger partial charge in [-0.15, -0.1) is 0 Å². The minimum absolute atomic E-state index is 0.0662. The van der Waals surface area contributed by atoms with Crippen molar-refractivity contribution in [2.75, 3.05) is 6.61 Å².